The van der Waals surface area contributed by atoms with E-state index >= 15 is 0 Å². The number of likely N-dealkylation sites (tertiary alicyclic amines) is 1. The number of piperidine rings is 1. The molecule has 2 aromatic rings. The minimum Gasteiger partial charge on any atom is -0.356 e. The Hall–Kier alpha value is -1.33. The number of nitrogens with one attached hydrogen (secondary N) is 2. The second-order valence-corrected chi connectivity index (χ2v) is 9.33. The third-order valence-electron chi connectivity index (χ3n) is 5.80. The highest BCUT2D eigenvalue weighted by atomic mass is 127. The molecule has 1 aliphatic heterocycles. The molecule has 2 heterocycles. The van der Waals surface area contributed by atoms with E-state index in [0.29, 0.717) is 12.6 Å². The van der Waals surface area contributed by atoms with Gasteiger partial charge in [-0.1, -0.05) is 29.8 Å². The molecule has 1 aromatic carbocycles. The zero-order valence-corrected chi connectivity index (χ0v) is 23.0. The number of aliphatic imine (C=N–C) groups is 1. The van der Waals surface area contributed by atoms with Gasteiger partial charge in [0.15, 0.2) is 11.8 Å². The molecular formula is C23H38IN7S. The summed E-state index contributed by atoms with van der Waals surface area (Å²) < 4.78 is 2.00. The third-order valence-corrected chi connectivity index (χ3v) is 6.49. The third kappa shape index (κ3) is 8.55. The van der Waals surface area contributed by atoms with Crippen molar-refractivity contribution in [1.29, 1.82) is 0 Å². The van der Waals surface area contributed by atoms with E-state index in [0.717, 1.165) is 68.8 Å². The number of aryl methyl sites for hydroxylation is 2. The Morgan fingerprint density at radius 1 is 1.22 bits per heavy atom. The largest absolute Gasteiger partial charge is 0.356 e. The molecule has 1 aliphatic rings. The Kier molecular flexibility index (Phi) is 11.8. The summed E-state index contributed by atoms with van der Waals surface area (Å²) in [5, 5.41) is 15.6. The molecule has 0 atom stereocenters. The average molecular weight is 572 g/mol. The number of rotatable bonds is 9. The van der Waals surface area contributed by atoms with E-state index in [4.69, 9.17) is 4.99 Å². The van der Waals surface area contributed by atoms with Crippen LogP contribution in [0.4, 0.5) is 0 Å². The summed E-state index contributed by atoms with van der Waals surface area (Å²) in [4.78, 5) is 7.36. The topological polar surface area (TPSA) is 70.4 Å². The molecule has 0 unspecified atom stereocenters. The van der Waals surface area contributed by atoms with Gasteiger partial charge in [-0.25, -0.2) is 4.99 Å². The molecule has 7 nitrogen and oxygen atoms in total. The summed E-state index contributed by atoms with van der Waals surface area (Å²) in [6.07, 6.45) is 5.52. The molecule has 2 N–H and O–H groups in total. The van der Waals surface area contributed by atoms with Gasteiger partial charge >= 0.3 is 0 Å². The van der Waals surface area contributed by atoms with Crippen LogP contribution in [-0.4, -0.2) is 63.3 Å². The predicted molar refractivity (Wildman–Crippen MR) is 146 cm³/mol. The maximum atomic E-state index is 4.81. The van der Waals surface area contributed by atoms with Crippen molar-refractivity contribution in [1.82, 2.24) is 30.3 Å². The van der Waals surface area contributed by atoms with Crippen molar-refractivity contribution in [2.75, 3.05) is 31.6 Å². The predicted octanol–water partition coefficient (Wildman–Crippen LogP) is 3.50. The smallest absolute Gasteiger partial charge is 0.191 e. The van der Waals surface area contributed by atoms with Gasteiger partial charge in [-0.15, -0.1) is 34.2 Å². The van der Waals surface area contributed by atoms with E-state index in [2.05, 4.69) is 63.2 Å². The van der Waals surface area contributed by atoms with Crippen LogP contribution in [0.3, 0.4) is 0 Å². The van der Waals surface area contributed by atoms with Crippen LogP contribution in [0.25, 0.3) is 0 Å². The molecule has 0 aliphatic carbocycles. The Morgan fingerprint density at radius 3 is 2.66 bits per heavy atom. The molecular weight excluding hydrogens is 533 g/mol. The molecule has 1 aromatic heterocycles. The van der Waals surface area contributed by atoms with Crippen LogP contribution >= 0.6 is 35.7 Å². The van der Waals surface area contributed by atoms with Gasteiger partial charge in [-0.3, -0.25) is 4.90 Å². The van der Waals surface area contributed by atoms with Gasteiger partial charge in [-0.2, -0.15) is 11.8 Å². The summed E-state index contributed by atoms with van der Waals surface area (Å²) >= 11 is 1.88. The number of benzene rings is 1. The van der Waals surface area contributed by atoms with Gasteiger partial charge in [0.1, 0.15) is 12.4 Å². The molecule has 1 saturated heterocycles. The molecule has 0 radical (unpaired) electrons. The van der Waals surface area contributed by atoms with Gasteiger partial charge in [0, 0.05) is 39.3 Å². The normalized spacial score (nSPS) is 15.4. The molecule has 9 heteroatoms. The summed E-state index contributed by atoms with van der Waals surface area (Å²) in [6, 6.07) is 9.29. The van der Waals surface area contributed by atoms with Crippen molar-refractivity contribution in [2.24, 2.45) is 12.0 Å². The van der Waals surface area contributed by atoms with Gasteiger partial charge in [0.25, 0.3) is 0 Å². The summed E-state index contributed by atoms with van der Waals surface area (Å²) in [5.74, 6) is 3.84. The SMILES string of the molecule is CSCCCNC(=NCc1nnc(C)n1C)NC1CCN(Cc2cccc(C)c2)CC1.I. The van der Waals surface area contributed by atoms with Gasteiger partial charge in [0.2, 0.25) is 0 Å². The number of halogens is 1. The molecule has 0 spiro atoms. The van der Waals surface area contributed by atoms with E-state index in [-0.39, 0.29) is 24.0 Å². The van der Waals surface area contributed by atoms with E-state index < -0.39 is 0 Å². The number of nitrogens with zero attached hydrogens (tertiary/aromatic N) is 5. The first kappa shape index (κ1) is 26.9. The first-order valence-corrected chi connectivity index (χ1v) is 12.6. The quantitative estimate of drug-likeness (QED) is 0.208. The lowest BCUT2D eigenvalue weighted by Crippen LogP contribution is -2.48. The maximum Gasteiger partial charge on any atom is 0.191 e. The second kappa shape index (κ2) is 14.0. The lowest BCUT2D eigenvalue weighted by molar-refractivity contribution is 0.198. The molecule has 0 saturated carbocycles. The first-order valence-electron chi connectivity index (χ1n) is 11.2. The fourth-order valence-corrected chi connectivity index (χ4v) is 4.24. The Morgan fingerprint density at radius 2 is 2.00 bits per heavy atom. The van der Waals surface area contributed by atoms with Crippen LogP contribution in [0.1, 0.15) is 42.0 Å². The zero-order chi connectivity index (χ0) is 22.1. The van der Waals surface area contributed by atoms with Gasteiger partial charge in [-0.05, 0) is 50.7 Å². The Bertz CT molecular complexity index is 847. The molecule has 1 fully saturated rings. The monoisotopic (exact) mass is 571 g/mol. The van der Waals surface area contributed by atoms with Crippen molar-refractivity contribution in [3.63, 3.8) is 0 Å². The Labute approximate surface area is 214 Å². The molecule has 0 amide bonds. The molecule has 32 heavy (non-hydrogen) atoms. The van der Waals surface area contributed by atoms with E-state index in [1.807, 2.05) is 30.3 Å². The Balaban J connectivity index is 0.00000363. The number of hydrogen-bond acceptors (Lipinski definition) is 5. The van der Waals surface area contributed by atoms with Crippen LogP contribution in [0.2, 0.25) is 0 Å². The number of aromatic nitrogens is 3. The number of guanidine groups is 1. The maximum absolute atomic E-state index is 4.81. The minimum absolute atomic E-state index is 0. The molecule has 178 valence electrons. The van der Waals surface area contributed by atoms with E-state index in [1.165, 1.54) is 11.1 Å². The summed E-state index contributed by atoms with van der Waals surface area (Å²) in [5.41, 5.74) is 2.74. The lowest BCUT2D eigenvalue weighted by Gasteiger charge is -2.33. The zero-order valence-electron chi connectivity index (χ0n) is 19.8. The van der Waals surface area contributed by atoms with Crippen molar-refractivity contribution < 1.29 is 0 Å². The fourth-order valence-electron chi connectivity index (χ4n) is 3.81. The van der Waals surface area contributed by atoms with E-state index in [9.17, 15) is 0 Å². The van der Waals surface area contributed by atoms with Gasteiger partial charge < -0.3 is 15.2 Å². The average Bonchev–Trinajstić information content (AvgIpc) is 3.08. The van der Waals surface area contributed by atoms with Crippen LogP contribution in [0.15, 0.2) is 29.3 Å². The summed E-state index contributed by atoms with van der Waals surface area (Å²) in [7, 11) is 1.99. The molecule has 3 rings (SSSR count). The van der Waals surface area contributed by atoms with E-state index in [1.54, 1.807) is 0 Å². The van der Waals surface area contributed by atoms with Crippen LogP contribution in [-0.2, 0) is 20.1 Å². The first-order chi connectivity index (χ1) is 15.0. The number of thioether (sulfide) groups is 1. The van der Waals surface area contributed by atoms with Crippen LogP contribution in [0.5, 0.6) is 0 Å². The standard InChI is InChI=1S/C23H37N7S.HI/c1-18-7-5-8-20(15-18)17-30-12-9-21(10-13-30)26-23(24-11-6-14-31-4)25-16-22-28-27-19(2)29(22)3;/h5,7-8,15,21H,6,9-14,16-17H2,1-4H3,(H2,24,25,26);1H. The highest BCUT2D eigenvalue weighted by molar-refractivity contribution is 14.0. The van der Waals surface area contributed by atoms with Crippen LogP contribution in [0, 0.1) is 13.8 Å². The second-order valence-electron chi connectivity index (χ2n) is 8.34. The van der Waals surface area contributed by atoms with Crippen molar-refractivity contribution in [3.8, 4) is 0 Å². The fraction of sp³-hybridized carbons (Fsp3) is 0.609. The highest BCUT2D eigenvalue weighted by Crippen LogP contribution is 2.15. The lowest BCUT2D eigenvalue weighted by atomic mass is 10.0. The minimum atomic E-state index is 0. The van der Waals surface area contributed by atoms with Crippen molar-refractivity contribution in [2.45, 2.75) is 52.2 Å². The number of hydrogen-bond donors (Lipinski definition) is 2. The molecule has 0 bridgehead atoms. The van der Waals surface area contributed by atoms with Crippen LogP contribution < -0.4 is 10.6 Å². The summed E-state index contributed by atoms with van der Waals surface area (Å²) in [6.45, 7) is 8.83. The van der Waals surface area contributed by atoms with Crippen molar-refractivity contribution in [3.05, 3.63) is 47.0 Å². The van der Waals surface area contributed by atoms with Crippen molar-refractivity contribution >= 4 is 41.7 Å². The van der Waals surface area contributed by atoms with Gasteiger partial charge in [0.05, 0.1) is 0 Å². The highest BCUT2D eigenvalue weighted by Gasteiger charge is 2.20.